The summed E-state index contributed by atoms with van der Waals surface area (Å²) in [5.74, 6) is -4.33. The monoisotopic (exact) mass is 314 g/mol. The molecule has 0 atom stereocenters. The van der Waals surface area contributed by atoms with Gasteiger partial charge >= 0.3 is 0 Å². The van der Waals surface area contributed by atoms with Crippen LogP contribution in [0.15, 0.2) is 12.1 Å². The van der Waals surface area contributed by atoms with E-state index in [2.05, 4.69) is 0 Å². The van der Waals surface area contributed by atoms with Gasteiger partial charge in [-0.3, -0.25) is 9.59 Å². The highest BCUT2D eigenvalue weighted by molar-refractivity contribution is 5.94. The first-order chi connectivity index (χ1) is 10.4. The van der Waals surface area contributed by atoms with Crippen LogP contribution in [0.25, 0.3) is 0 Å². The van der Waals surface area contributed by atoms with Crippen molar-refractivity contribution in [2.45, 2.75) is 25.7 Å². The number of primary amides is 1. The van der Waals surface area contributed by atoms with Crippen LogP contribution in [0, 0.1) is 23.4 Å². The maximum absolute atomic E-state index is 13.6. The van der Waals surface area contributed by atoms with Gasteiger partial charge in [0.05, 0.1) is 0 Å². The van der Waals surface area contributed by atoms with Crippen LogP contribution in [-0.2, 0) is 4.79 Å². The van der Waals surface area contributed by atoms with Crippen molar-refractivity contribution >= 4 is 11.8 Å². The molecule has 0 unspecified atom stereocenters. The van der Waals surface area contributed by atoms with Crippen LogP contribution in [0.5, 0.6) is 0 Å². The Hall–Kier alpha value is -2.05. The first kappa shape index (κ1) is 16.3. The number of halogens is 3. The minimum atomic E-state index is -1.20. The molecule has 1 fully saturated rings. The minimum absolute atomic E-state index is 0.263. The van der Waals surface area contributed by atoms with Gasteiger partial charge in [0.2, 0.25) is 5.91 Å². The number of nitrogens with zero attached hydrogens (tertiary/aromatic N) is 1. The summed E-state index contributed by atoms with van der Waals surface area (Å²) in [5.41, 5.74) is 4.36. The molecule has 1 aliphatic heterocycles. The highest BCUT2D eigenvalue weighted by Crippen LogP contribution is 2.24. The molecule has 0 bridgehead atoms. The summed E-state index contributed by atoms with van der Waals surface area (Å²) in [6.45, 7) is 0.692. The largest absolute Gasteiger partial charge is 0.370 e. The molecule has 0 aliphatic carbocycles. The number of hydrogen-bond donors (Lipinski definition) is 1. The zero-order valence-corrected chi connectivity index (χ0v) is 11.9. The smallest absolute Gasteiger partial charge is 0.259 e. The van der Waals surface area contributed by atoms with Crippen molar-refractivity contribution in [1.82, 2.24) is 4.90 Å². The maximum atomic E-state index is 13.6. The molecule has 2 amide bonds. The van der Waals surface area contributed by atoms with Crippen molar-refractivity contribution in [3.63, 3.8) is 0 Å². The van der Waals surface area contributed by atoms with Crippen LogP contribution in [0.4, 0.5) is 13.2 Å². The number of amides is 2. The summed E-state index contributed by atoms with van der Waals surface area (Å²) in [6, 6.07) is 0.992. The van der Waals surface area contributed by atoms with Gasteiger partial charge in [0, 0.05) is 31.6 Å². The molecule has 0 saturated carbocycles. The lowest BCUT2D eigenvalue weighted by Crippen LogP contribution is -2.39. The van der Waals surface area contributed by atoms with Gasteiger partial charge in [0.15, 0.2) is 0 Å². The third kappa shape index (κ3) is 3.78. The Morgan fingerprint density at radius 3 is 2.18 bits per heavy atom. The number of hydrogen-bond acceptors (Lipinski definition) is 2. The van der Waals surface area contributed by atoms with E-state index >= 15 is 0 Å². The van der Waals surface area contributed by atoms with Crippen molar-refractivity contribution in [1.29, 1.82) is 0 Å². The normalized spacial score (nSPS) is 15.9. The summed E-state index contributed by atoms with van der Waals surface area (Å²) < 4.78 is 40.1. The van der Waals surface area contributed by atoms with Gasteiger partial charge in [-0.25, -0.2) is 13.2 Å². The first-order valence-corrected chi connectivity index (χ1v) is 7.10. The Morgan fingerprint density at radius 1 is 1.14 bits per heavy atom. The molecule has 2 N–H and O–H groups in total. The lowest BCUT2D eigenvalue weighted by molar-refractivity contribution is -0.118. The summed E-state index contributed by atoms with van der Waals surface area (Å²) >= 11 is 0. The summed E-state index contributed by atoms with van der Waals surface area (Å²) in [6.07, 6.45) is 2.23. The molecule has 0 radical (unpaired) electrons. The van der Waals surface area contributed by atoms with Crippen molar-refractivity contribution in [2.24, 2.45) is 11.7 Å². The van der Waals surface area contributed by atoms with E-state index in [0.717, 1.165) is 0 Å². The molecule has 0 spiro atoms. The molecule has 1 aromatic carbocycles. The standard InChI is InChI=1S/C15H17F3N2O2/c16-10-7-11(17)14(12(18)8-10)15(22)20-5-3-9(4-6-20)1-2-13(19)21/h7-9H,1-6H2,(H2,19,21). The van der Waals surface area contributed by atoms with Gasteiger partial charge in [-0.1, -0.05) is 0 Å². The predicted molar refractivity (Wildman–Crippen MR) is 73.4 cm³/mol. The lowest BCUT2D eigenvalue weighted by atomic mass is 9.91. The fourth-order valence-corrected chi connectivity index (χ4v) is 2.68. The molecular formula is C15H17F3N2O2. The fourth-order valence-electron chi connectivity index (χ4n) is 2.68. The Morgan fingerprint density at radius 2 is 1.68 bits per heavy atom. The molecule has 0 aromatic heterocycles. The van der Waals surface area contributed by atoms with Crippen molar-refractivity contribution in [3.8, 4) is 0 Å². The van der Waals surface area contributed by atoms with Gasteiger partial charge in [-0.2, -0.15) is 0 Å². The average molecular weight is 314 g/mol. The number of piperidine rings is 1. The molecule has 1 heterocycles. The third-order valence-corrected chi connectivity index (χ3v) is 3.92. The number of benzene rings is 1. The molecule has 22 heavy (non-hydrogen) atoms. The summed E-state index contributed by atoms with van der Waals surface area (Å²) in [5, 5.41) is 0. The zero-order chi connectivity index (χ0) is 16.3. The van der Waals surface area contributed by atoms with Crippen molar-refractivity contribution < 1.29 is 22.8 Å². The van der Waals surface area contributed by atoms with Gasteiger partial charge in [0.25, 0.3) is 5.91 Å². The minimum Gasteiger partial charge on any atom is -0.370 e. The third-order valence-electron chi connectivity index (χ3n) is 3.92. The number of likely N-dealkylation sites (tertiary alicyclic amines) is 1. The number of carbonyl (C=O) groups excluding carboxylic acids is 2. The Bertz CT molecular complexity index is 561. The summed E-state index contributed by atoms with van der Waals surface area (Å²) in [7, 11) is 0. The molecule has 1 aromatic rings. The molecule has 4 nitrogen and oxygen atoms in total. The van der Waals surface area contributed by atoms with E-state index in [1.807, 2.05) is 0 Å². The number of nitrogens with two attached hydrogens (primary N) is 1. The Kier molecular flexibility index (Phi) is 5.05. The van der Waals surface area contributed by atoms with Gasteiger partial charge in [0.1, 0.15) is 23.0 Å². The van der Waals surface area contributed by atoms with Crippen LogP contribution in [0.1, 0.15) is 36.0 Å². The van der Waals surface area contributed by atoms with E-state index in [9.17, 15) is 22.8 Å². The van der Waals surface area contributed by atoms with Gasteiger partial charge < -0.3 is 10.6 Å². The zero-order valence-electron chi connectivity index (χ0n) is 11.9. The van der Waals surface area contributed by atoms with Crippen molar-refractivity contribution in [3.05, 3.63) is 35.1 Å². The second kappa shape index (κ2) is 6.81. The number of carbonyl (C=O) groups is 2. The highest BCUT2D eigenvalue weighted by Gasteiger charge is 2.28. The molecule has 7 heteroatoms. The van der Waals surface area contributed by atoms with E-state index in [1.165, 1.54) is 4.90 Å². The Labute approximate surface area is 126 Å². The van der Waals surface area contributed by atoms with Gasteiger partial charge in [-0.05, 0) is 25.2 Å². The molecular weight excluding hydrogens is 297 g/mol. The average Bonchev–Trinajstić information content (AvgIpc) is 2.44. The van der Waals surface area contributed by atoms with Crippen LogP contribution < -0.4 is 5.73 Å². The number of rotatable bonds is 4. The van der Waals surface area contributed by atoms with Gasteiger partial charge in [-0.15, -0.1) is 0 Å². The van der Waals surface area contributed by atoms with E-state index < -0.39 is 28.9 Å². The predicted octanol–water partition coefficient (Wildman–Crippen LogP) is 2.22. The van der Waals surface area contributed by atoms with Crippen LogP contribution in [-0.4, -0.2) is 29.8 Å². The Balaban J connectivity index is 2.00. The summed E-state index contributed by atoms with van der Waals surface area (Å²) in [4.78, 5) is 24.3. The van der Waals surface area contributed by atoms with Crippen LogP contribution in [0.3, 0.4) is 0 Å². The van der Waals surface area contributed by atoms with E-state index in [4.69, 9.17) is 5.73 Å². The second-order valence-corrected chi connectivity index (χ2v) is 5.48. The van der Waals surface area contributed by atoms with E-state index in [0.29, 0.717) is 50.9 Å². The maximum Gasteiger partial charge on any atom is 0.259 e. The van der Waals surface area contributed by atoms with Crippen LogP contribution in [0.2, 0.25) is 0 Å². The molecule has 1 aliphatic rings. The lowest BCUT2D eigenvalue weighted by Gasteiger charge is -2.32. The second-order valence-electron chi connectivity index (χ2n) is 5.48. The molecule has 120 valence electrons. The van der Waals surface area contributed by atoms with Crippen LogP contribution >= 0.6 is 0 Å². The van der Waals surface area contributed by atoms with Crippen molar-refractivity contribution in [2.75, 3.05) is 13.1 Å². The molecule has 1 saturated heterocycles. The fraction of sp³-hybridized carbons (Fsp3) is 0.467. The first-order valence-electron chi connectivity index (χ1n) is 7.10. The quantitative estimate of drug-likeness (QED) is 0.926. The SMILES string of the molecule is NC(=O)CCC1CCN(C(=O)c2c(F)cc(F)cc2F)CC1. The topological polar surface area (TPSA) is 63.4 Å². The van der Waals surface area contributed by atoms with E-state index in [1.54, 1.807) is 0 Å². The van der Waals surface area contributed by atoms with E-state index in [-0.39, 0.29) is 11.8 Å². The molecule has 2 rings (SSSR count). The highest BCUT2D eigenvalue weighted by atomic mass is 19.1.